The van der Waals surface area contributed by atoms with Gasteiger partial charge in [0.05, 0.1) is 0 Å². The lowest BCUT2D eigenvalue weighted by Crippen LogP contribution is -2.17. The Bertz CT molecular complexity index is 394. The van der Waals surface area contributed by atoms with Gasteiger partial charge >= 0.3 is 0 Å². The summed E-state index contributed by atoms with van der Waals surface area (Å²) in [4.78, 5) is 0. The van der Waals surface area contributed by atoms with Crippen molar-refractivity contribution in [1.82, 2.24) is 0 Å². The van der Waals surface area contributed by atoms with Crippen LogP contribution in [-0.4, -0.2) is 5.11 Å². The van der Waals surface area contributed by atoms with Crippen LogP contribution in [0.4, 0.5) is 0 Å². The number of para-hydroxylation sites is 1. The average Bonchev–Trinajstić information content (AvgIpc) is 2.16. The molecule has 0 saturated carbocycles. The maximum Gasteiger partial charge on any atom is 0.123 e. The van der Waals surface area contributed by atoms with Crippen molar-refractivity contribution in [2.45, 2.75) is 45.4 Å². The molecule has 0 saturated heterocycles. The first-order valence-electron chi connectivity index (χ1n) is 5.66. The van der Waals surface area contributed by atoms with Crippen LogP contribution in [0.5, 0.6) is 5.75 Å². The van der Waals surface area contributed by atoms with Crippen molar-refractivity contribution in [3.63, 3.8) is 0 Å². The minimum Gasteiger partial charge on any atom is -0.507 e. The minimum absolute atomic E-state index is 0.0443. The van der Waals surface area contributed by atoms with Crippen molar-refractivity contribution in [3.05, 3.63) is 42.0 Å². The zero-order valence-corrected chi connectivity index (χ0v) is 11.0. The lowest BCUT2D eigenvalue weighted by Gasteiger charge is -2.27. The molecule has 0 aliphatic carbocycles. The SMILES string of the molecule is C=CC(C)(C)c1cccc(C(C)(C)C)c1O. The second kappa shape index (κ2) is 3.97. The predicted molar refractivity (Wildman–Crippen MR) is 70.0 cm³/mol. The van der Waals surface area contributed by atoms with Crippen LogP contribution in [0.2, 0.25) is 0 Å². The number of hydrogen-bond acceptors (Lipinski definition) is 1. The Labute approximate surface area is 98.8 Å². The Morgan fingerprint density at radius 3 is 2.00 bits per heavy atom. The summed E-state index contributed by atoms with van der Waals surface area (Å²) in [5.74, 6) is 0.403. The summed E-state index contributed by atoms with van der Waals surface area (Å²) in [6.07, 6.45) is 1.87. The van der Waals surface area contributed by atoms with Crippen LogP contribution in [0.1, 0.15) is 45.7 Å². The average molecular weight is 218 g/mol. The number of rotatable bonds is 2. The number of hydrogen-bond donors (Lipinski definition) is 1. The maximum atomic E-state index is 10.3. The summed E-state index contributed by atoms with van der Waals surface area (Å²) < 4.78 is 0. The van der Waals surface area contributed by atoms with Crippen LogP contribution in [0.3, 0.4) is 0 Å². The molecule has 0 aliphatic heterocycles. The first-order valence-corrected chi connectivity index (χ1v) is 5.66. The Morgan fingerprint density at radius 2 is 1.56 bits per heavy atom. The Morgan fingerprint density at radius 1 is 1.06 bits per heavy atom. The van der Waals surface area contributed by atoms with E-state index in [0.29, 0.717) is 5.75 Å². The zero-order valence-electron chi connectivity index (χ0n) is 11.0. The fraction of sp³-hybridized carbons (Fsp3) is 0.467. The van der Waals surface area contributed by atoms with Crippen molar-refractivity contribution < 1.29 is 5.11 Å². The van der Waals surface area contributed by atoms with Crippen molar-refractivity contribution in [2.75, 3.05) is 0 Å². The van der Waals surface area contributed by atoms with Crippen LogP contribution in [0.15, 0.2) is 30.9 Å². The number of benzene rings is 1. The summed E-state index contributed by atoms with van der Waals surface area (Å²) in [5.41, 5.74) is 1.68. The molecule has 0 aliphatic rings. The lowest BCUT2D eigenvalue weighted by atomic mass is 9.79. The smallest absolute Gasteiger partial charge is 0.123 e. The highest BCUT2D eigenvalue weighted by molar-refractivity contribution is 5.48. The topological polar surface area (TPSA) is 20.2 Å². The van der Waals surface area contributed by atoms with E-state index in [1.807, 2.05) is 24.3 Å². The molecule has 0 aromatic heterocycles. The van der Waals surface area contributed by atoms with Gasteiger partial charge in [-0.3, -0.25) is 0 Å². The van der Waals surface area contributed by atoms with E-state index in [0.717, 1.165) is 11.1 Å². The number of allylic oxidation sites excluding steroid dienone is 1. The molecule has 0 amide bonds. The molecule has 1 heteroatoms. The number of phenols is 1. The van der Waals surface area contributed by atoms with Gasteiger partial charge in [0.2, 0.25) is 0 Å². The molecule has 1 aromatic rings. The standard InChI is InChI=1S/C15H22O/c1-7-15(5,6)12-10-8-9-11(13(12)16)14(2,3)4/h7-10,16H,1H2,2-6H3. The van der Waals surface area contributed by atoms with Gasteiger partial charge in [-0.05, 0) is 11.0 Å². The van der Waals surface area contributed by atoms with E-state index in [2.05, 4.69) is 41.2 Å². The highest BCUT2D eigenvalue weighted by Crippen LogP contribution is 2.38. The van der Waals surface area contributed by atoms with E-state index in [9.17, 15) is 5.11 Å². The van der Waals surface area contributed by atoms with Gasteiger partial charge in [-0.1, -0.05) is 58.9 Å². The lowest BCUT2D eigenvalue weighted by molar-refractivity contribution is 0.430. The molecule has 0 bridgehead atoms. The first kappa shape index (κ1) is 12.8. The second-order valence-electron chi connectivity index (χ2n) is 5.88. The van der Waals surface area contributed by atoms with Crippen molar-refractivity contribution in [2.24, 2.45) is 0 Å². The fourth-order valence-corrected chi connectivity index (χ4v) is 1.78. The van der Waals surface area contributed by atoms with Gasteiger partial charge < -0.3 is 5.11 Å². The van der Waals surface area contributed by atoms with Gasteiger partial charge in [-0.25, -0.2) is 0 Å². The van der Waals surface area contributed by atoms with Crippen LogP contribution < -0.4 is 0 Å². The number of aromatic hydroxyl groups is 1. The van der Waals surface area contributed by atoms with Crippen molar-refractivity contribution >= 4 is 0 Å². The molecule has 1 N–H and O–H groups in total. The van der Waals surface area contributed by atoms with Gasteiger partial charge in [0.25, 0.3) is 0 Å². The molecule has 0 atom stereocenters. The molecule has 0 heterocycles. The van der Waals surface area contributed by atoms with E-state index in [4.69, 9.17) is 0 Å². The summed E-state index contributed by atoms with van der Waals surface area (Å²) in [5, 5.41) is 10.3. The van der Waals surface area contributed by atoms with E-state index in [-0.39, 0.29) is 10.8 Å². The molecule has 1 rings (SSSR count). The Balaban J connectivity index is 3.41. The van der Waals surface area contributed by atoms with Crippen LogP contribution in [-0.2, 0) is 10.8 Å². The molecular weight excluding hydrogens is 196 g/mol. The van der Waals surface area contributed by atoms with Crippen LogP contribution in [0, 0.1) is 0 Å². The third-order valence-electron chi connectivity index (χ3n) is 3.05. The van der Waals surface area contributed by atoms with E-state index in [1.165, 1.54) is 0 Å². The van der Waals surface area contributed by atoms with Gasteiger partial charge in [0.15, 0.2) is 0 Å². The predicted octanol–water partition coefficient (Wildman–Crippen LogP) is 4.15. The molecule has 0 fully saturated rings. The monoisotopic (exact) mass is 218 g/mol. The van der Waals surface area contributed by atoms with Gasteiger partial charge in [0, 0.05) is 11.0 Å². The summed E-state index contributed by atoms with van der Waals surface area (Å²) in [6.45, 7) is 14.3. The summed E-state index contributed by atoms with van der Waals surface area (Å²) in [7, 11) is 0. The molecule has 0 spiro atoms. The summed E-state index contributed by atoms with van der Waals surface area (Å²) in [6, 6.07) is 5.95. The second-order valence-corrected chi connectivity index (χ2v) is 5.88. The fourth-order valence-electron chi connectivity index (χ4n) is 1.78. The van der Waals surface area contributed by atoms with Crippen molar-refractivity contribution in [1.29, 1.82) is 0 Å². The molecule has 88 valence electrons. The Hall–Kier alpha value is -1.24. The highest BCUT2D eigenvalue weighted by Gasteiger charge is 2.25. The van der Waals surface area contributed by atoms with Crippen LogP contribution in [0.25, 0.3) is 0 Å². The minimum atomic E-state index is -0.203. The first-order chi connectivity index (χ1) is 7.20. The normalized spacial score (nSPS) is 12.6. The molecule has 16 heavy (non-hydrogen) atoms. The van der Waals surface area contributed by atoms with Gasteiger partial charge in [-0.15, -0.1) is 6.58 Å². The zero-order chi connectivity index (χ0) is 12.6. The van der Waals surface area contributed by atoms with Gasteiger partial charge in [-0.2, -0.15) is 0 Å². The maximum absolute atomic E-state index is 10.3. The third-order valence-corrected chi connectivity index (χ3v) is 3.05. The largest absolute Gasteiger partial charge is 0.507 e. The number of phenolic OH excluding ortho intramolecular Hbond substituents is 1. The summed E-state index contributed by atoms with van der Waals surface area (Å²) >= 11 is 0. The Kier molecular flexibility index (Phi) is 3.18. The van der Waals surface area contributed by atoms with Gasteiger partial charge in [0.1, 0.15) is 5.75 Å². The molecule has 0 unspecified atom stereocenters. The molecule has 0 radical (unpaired) electrons. The van der Waals surface area contributed by atoms with Crippen LogP contribution >= 0.6 is 0 Å². The highest BCUT2D eigenvalue weighted by atomic mass is 16.3. The quantitative estimate of drug-likeness (QED) is 0.739. The molecule has 1 aromatic carbocycles. The van der Waals surface area contributed by atoms with Crippen molar-refractivity contribution in [3.8, 4) is 5.75 Å². The molecular formula is C15H22O. The van der Waals surface area contributed by atoms with E-state index in [1.54, 1.807) is 0 Å². The molecule has 1 nitrogen and oxygen atoms in total. The van der Waals surface area contributed by atoms with E-state index < -0.39 is 0 Å². The third kappa shape index (κ3) is 2.29. The van der Waals surface area contributed by atoms with E-state index >= 15 is 0 Å².